The van der Waals surface area contributed by atoms with Crippen LogP contribution in [0.1, 0.15) is 80.9 Å². The number of carbonyl (C=O) groups excluding carboxylic acids is 2. The predicted octanol–water partition coefficient (Wildman–Crippen LogP) is 5.87. The zero-order valence-corrected chi connectivity index (χ0v) is 27.3. The van der Waals surface area contributed by atoms with Crippen molar-refractivity contribution < 1.29 is 27.5 Å². The number of rotatable bonds is 3. The minimum atomic E-state index is -4.67. The number of nitrogens with two attached hydrogens (primary N) is 1. The van der Waals surface area contributed by atoms with Crippen molar-refractivity contribution >= 4 is 33.9 Å². The first-order chi connectivity index (χ1) is 22.3. The molecule has 3 N–H and O–H groups in total. The predicted molar refractivity (Wildman–Crippen MR) is 173 cm³/mol. The van der Waals surface area contributed by atoms with E-state index >= 15 is 0 Å². The van der Waals surface area contributed by atoms with Crippen LogP contribution in [0.4, 0.5) is 13.2 Å². The highest BCUT2D eigenvalue weighted by Gasteiger charge is 2.56. The highest BCUT2D eigenvalue weighted by atomic mass is 19.4. The number of fused-ring (bicyclic) bond motifs is 2. The summed E-state index contributed by atoms with van der Waals surface area (Å²) in [5.74, 6) is 0.0395. The first kappa shape index (κ1) is 32.8. The van der Waals surface area contributed by atoms with Gasteiger partial charge in [-0.05, 0) is 69.9 Å². The van der Waals surface area contributed by atoms with Gasteiger partial charge >= 0.3 is 6.18 Å². The van der Waals surface area contributed by atoms with Crippen LogP contribution in [0, 0.1) is 5.41 Å². The van der Waals surface area contributed by atoms with Gasteiger partial charge in [0.2, 0.25) is 5.91 Å². The van der Waals surface area contributed by atoms with Crippen LogP contribution >= 0.6 is 0 Å². The van der Waals surface area contributed by atoms with Crippen molar-refractivity contribution in [3.8, 4) is 17.3 Å². The monoisotopic (exact) mass is 653 g/mol. The van der Waals surface area contributed by atoms with Gasteiger partial charge in [-0.15, -0.1) is 0 Å². The van der Waals surface area contributed by atoms with Crippen LogP contribution in [-0.4, -0.2) is 68.2 Å². The molecule has 0 unspecified atom stereocenters. The van der Waals surface area contributed by atoms with Crippen LogP contribution in [0.3, 0.4) is 0 Å². The van der Waals surface area contributed by atoms with Gasteiger partial charge < -0.3 is 29.8 Å². The zero-order chi connectivity index (χ0) is 33.7. The lowest BCUT2D eigenvalue weighted by Gasteiger charge is -2.32. The molecule has 252 valence electrons. The Kier molecular flexibility index (Phi) is 8.71. The first-order valence-corrected chi connectivity index (χ1v) is 16.3. The second-order valence-corrected chi connectivity index (χ2v) is 13.2. The summed E-state index contributed by atoms with van der Waals surface area (Å²) >= 11 is 0. The van der Waals surface area contributed by atoms with Gasteiger partial charge in [-0.2, -0.15) is 13.2 Å². The Morgan fingerprint density at radius 1 is 1.09 bits per heavy atom. The standard InChI is InChI=1S/C34H42F3N7O3/c1-20-24-12-11-21-17-26(44(29(21)40-24)15-8-6-5-7-13-33(2,32(46)39-20)34(35,36)37)30-41-25-16-22(18-27(47-4)28(25)42(30)3)31(45)43-14-9-10-23(38)19-43/h11-12,16-18,20,23H,5-10,13-15,19,38H2,1-4H3,(H,39,46)/t20-,23-,33-/m1/s1. The van der Waals surface area contributed by atoms with Gasteiger partial charge in [-0.3, -0.25) is 9.59 Å². The summed E-state index contributed by atoms with van der Waals surface area (Å²) in [4.78, 5) is 38.2. The number of likely N-dealkylation sites (tertiary alicyclic amines) is 1. The number of ether oxygens (including phenoxy) is 1. The number of nitrogens with zero attached hydrogens (tertiary/aromatic N) is 5. The number of piperidine rings is 1. The first-order valence-electron chi connectivity index (χ1n) is 16.3. The molecule has 5 heterocycles. The lowest BCUT2D eigenvalue weighted by atomic mass is 9.82. The Morgan fingerprint density at radius 3 is 2.57 bits per heavy atom. The summed E-state index contributed by atoms with van der Waals surface area (Å²) in [6.07, 6.45) is -0.960. The Balaban J connectivity index is 1.42. The molecule has 2 bridgehead atoms. The number of hydrogen-bond donors (Lipinski definition) is 2. The maximum Gasteiger partial charge on any atom is 0.402 e. The average Bonchev–Trinajstić information content (AvgIpc) is 3.57. The second kappa shape index (κ2) is 12.5. The third kappa shape index (κ3) is 5.94. The SMILES string of the molecule is COc1cc(C(=O)N2CCC[C@@H](N)C2)cc2nc(-c3cc4ccc5nc4n3CCCCCC[C@@](C)(C(F)(F)F)C(=O)N[C@@H]5C)n(C)c12. The smallest absolute Gasteiger partial charge is 0.402 e. The van der Waals surface area contributed by atoms with Crippen molar-refractivity contribution in [3.05, 3.63) is 41.6 Å². The quantitative estimate of drug-likeness (QED) is 0.285. The highest BCUT2D eigenvalue weighted by molar-refractivity contribution is 6.00. The molecule has 0 spiro atoms. The molecule has 2 amide bonds. The Bertz CT molecular complexity index is 1830. The number of benzene rings is 1. The van der Waals surface area contributed by atoms with E-state index in [1.165, 1.54) is 0 Å². The van der Waals surface area contributed by atoms with E-state index in [2.05, 4.69) is 9.88 Å². The molecule has 0 saturated carbocycles. The summed E-state index contributed by atoms with van der Waals surface area (Å²) in [5, 5.41) is 3.43. The molecular weight excluding hydrogens is 611 g/mol. The Morgan fingerprint density at radius 2 is 1.85 bits per heavy atom. The van der Waals surface area contributed by atoms with Crippen LogP contribution in [0.5, 0.6) is 5.75 Å². The van der Waals surface area contributed by atoms with Crippen LogP contribution < -0.4 is 15.8 Å². The lowest BCUT2D eigenvalue weighted by Crippen LogP contribution is -2.49. The van der Waals surface area contributed by atoms with Crippen LogP contribution in [0.2, 0.25) is 0 Å². The van der Waals surface area contributed by atoms with E-state index in [4.69, 9.17) is 20.4 Å². The van der Waals surface area contributed by atoms with Gasteiger partial charge in [0.05, 0.1) is 30.1 Å². The van der Waals surface area contributed by atoms with Crippen molar-refractivity contribution in [2.75, 3.05) is 20.2 Å². The van der Waals surface area contributed by atoms with Crippen LogP contribution in [0.25, 0.3) is 33.6 Å². The van der Waals surface area contributed by atoms with Gasteiger partial charge in [0, 0.05) is 43.7 Å². The molecule has 1 saturated heterocycles. The fourth-order valence-corrected chi connectivity index (χ4v) is 6.91. The number of pyridine rings is 1. The van der Waals surface area contributed by atoms with Crippen molar-refractivity contribution in [3.63, 3.8) is 0 Å². The third-order valence-electron chi connectivity index (χ3n) is 9.87. The summed E-state index contributed by atoms with van der Waals surface area (Å²) < 4.78 is 52.1. The van der Waals surface area contributed by atoms with E-state index in [1.807, 2.05) is 23.7 Å². The maximum absolute atomic E-state index is 14.1. The second-order valence-electron chi connectivity index (χ2n) is 13.2. The number of alkyl halides is 3. The summed E-state index contributed by atoms with van der Waals surface area (Å²) in [7, 11) is 3.47. The molecule has 6 rings (SSSR count). The molecule has 2 aliphatic heterocycles. The third-order valence-corrected chi connectivity index (χ3v) is 9.87. The van der Waals surface area contributed by atoms with Crippen LogP contribution in [0.15, 0.2) is 30.3 Å². The molecule has 1 aromatic carbocycles. The van der Waals surface area contributed by atoms with Crippen LogP contribution in [-0.2, 0) is 18.4 Å². The molecule has 1 fully saturated rings. The summed E-state index contributed by atoms with van der Waals surface area (Å²) in [6.45, 7) is 4.37. The van der Waals surface area contributed by atoms with E-state index in [0.717, 1.165) is 36.4 Å². The number of halogens is 3. The molecule has 3 atom stereocenters. The molecule has 2 aliphatic rings. The fraction of sp³-hybridized carbons (Fsp3) is 0.529. The molecule has 13 heteroatoms. The largest absolute Gasteiger partial charge is 0.494 e. The Labute approximate surface area is 271 Å². The van der Waals surface area contributed by atoms with E-state index in [9.17, 15) is 22.8 Å². The molecule has 0 aliphatic carbocycles. The number of hydrogen-bond acceptors (Lipinski definition) is 6. The number of imidazole rings is 1. The number of aryl methyl sites for hydroxylation is 2. The van der Waals surface area contributed by atoms with Crippen molar-refractivity contribution in [2.24, 2.45) is 18.2 Å². The van der Waals surface area contributed by atoms with E-state index in [1.54, 1.807) is 37.1 Å². The minimum Gasteiger partial charge on any atom is -0.494 e. The zero-order valence-electron chi connectivity index (χ0n) is 27.3. The average molecular weight is 654 g/mol. The molecule has 0 radical (unpaired) electrons. The lowest BCUT2D eigenvalue weighted by molar-refractivity contribution is -0.219. The van der Waals surface area contributed by atoms with E-state index in [0.29, 0.717) is 72.9 Å². The number of aromatic nitrogens is 4. The van der Waals surface area contributed by atoms with Crippen molar-refractivity contribution in [2.45, 2.75) is 83.6 Å². The minimum absolute atomic E-state index is 0.0435. The molecular formula is C34H42F3N7O3. The normalized spacial score (nSPS) is 23.2. The van der Waals surface area contributed by atoms with Gasteiger partial charge in [0.15, 0.2) is 5.82 Å². The van der Waals surface area contributed by atoms with Gasteiger partial charge in [0.1, 0.15) is 22.3 Å². The maximum atomic E-state index is 14.1. The summed E-state index contributed by atoms with van der Waals surface area (Å²) in [5.41, 5.74) is 7.45. The topological polar surface area (TPSA) is 120 Å². The van der Waals surface area contributed by atoms with E-state index < -0.39 is 23.5 Å². The number of methoxy groups -OCH3 is 1. The molecule has 10 nitrogen and oxygen atoms in total. The summed E-state index contributed by atoms with van der Waals surface area (Å²) in [6, 6.07) is 8.38. The number of amides is 2. The fourth-order valence-electron chi connectivity index (χ4n) is 6.91. The highest BCUT2D eigenvalue weighted by Crippen LogP contribution is 2.43. The Hall–Kier alpha value is -4.13. The molecule has 4 aromatic rings. The number of nitrogens with one attached hydrogen (secondary N) is 1. The van der Waals surface area contributed by atoms with Crippen molar-refractivity contribution in [1.82, 2.24) is 29.3 Å². The molecule has 47 heavy (non-hydrogen) atoms. The van der Waals surface area contributed by atoms with E-state index in [-0.39, 0.29) is 24.8 Å². The van der Waals surface area contributed by atoms with Gasteiger partial charge in [-0.1, -0.05) is 19.3 Å². The van der Waals surface area contributed by atoms with Gasteiger partial charge in [0.25, 0.3) is 5.91 Å². The van der Waals surface area contributed by atoms with Crippen molar-refractivity contribution in [1.29, 1.82) is 0 Å². The molecule has 3 aromatic heterocycles. The van der Waals surface area contributed by atoms with Gasteiger partial charge in [-0.25, -0.2) is 9.97 Å². The number of carbonyl (C=O) groups is 2.